The van der Waals surface area contributed by atoms with Crippen LogP contribution in [0.3, 0.4) is 0 Å². The molecule has 0 spiro atoms. The molecule has 0 aliphatic carbocycles. The third kappa shape index (κ3) is 4.26. The van der Waals surface area contributed by atoms with Crippen molar-refractivity contribution >= 4 is 15.9 Å². The molecule has 1 aromatic carbocycles. The van der Waals surface area contributed by atoms with Crippen LogP contribution in [0.15, 0.2) is 22.7 Å². The molecule has 0 bridgehead atoms. The summed E-state index contributed by atoms with van der Waals surface area (Å²) < 4.78 is 6.18. The lowest BCUT2D eigenvalue weighted by Gasteiger charge is -2.25. The average Bonchev–Trinajstić information content (AvgIpc) is 2.37. The van der Waals surface area contributed by atoms with Gasteiger partial charge in [0.1, 0.15) is 5.75 Å². The van der Waals surface area contributed by atoms with Gasteiger partial charge in [-0.15, -0.1) is 0 Å². The fraction of sp³-hybridized carbons (Fsp3) is 0.571. The van der Waals surface area contributed by atoms with E-state index in [-0.39, 0.29) is 6.04 Å². The largest absolute Gasteiger partial charge is 0.508 e. The van der Waals surface area contributed by atoms with E-state index in [0.717, 1.165) is 22.9 Å². The van der Waals surface area contributed by atoms with Crippen molar-refractivity contribution in [2.24, 2.45) is 0 Å². The van der Waals surface area contributed by atoms with Crippen LogP contribution in [0.2, 0.25) is 0 Å². The number of phenolic OH excluding ortho intramolecular Hbond substituents is 1. The predicted octanol–water partition coefficient (Wildman–Crippen LogP) is 3.62. The number of nitrogens with one attached hydrogen (secondary N) is 1. The lowest BCUT2D eigenvalue weighted by molar-refractivity contribution is 0.157. The number of benzene rings is 1. The zero-order valence-corrected chi connectivity index (χ0v) is 12.8. The molecule has 3 nitrogen and oxygen atoms in total. The van der Waals surface area contributed by atoms with E-state index < -0.39 is 0 Å². The molecule has 0 amide bonds. The normalized spacial score (nSPS) is 14.4. The number of phenols is 1. The van der Waals surface area contributed by atoms with Gasteiger partial charge in [0.15, 0.2) is 0 Å². The van der Waals surface area contributed by atoms with Gasteiger partial charge in [-0.25, -0.2) is 0 Å². The van der Waals surface area contributed by atoms with Crippen molar-refractivity contribution in [1.29, 1.82) is 0 Å². The average molecular weight is 316 g/mol. The second-order valence-electron chi connectivity index (χ2n) is 4.39. The molecular formula is C14H22BrNO2. The highest BCUT2D eigenvalue weighted by molar-refractivity contribution is 9.10. The van der Waals surface area contributed by atoms with Gasteiger partial charge in [-0.1, -0.05) is 29.8 Å². The lowest BCUT2D eigenvalue weighted by Crippen LogP contribution is -2.35. The molecule has 1 rings (SSSR count). The molecule has 0 aliphatic rings. The number of hydrogen-bond acceptors (Lipinski definition) is 3. The van der Waals surface area contributed by atoms with E-state index in [1.165, 1.54) is 0 Å². The molecule has 18 heavy (non-hydrogen) atoms. The Kier molecular flexibility index (Phi) is 6.68. The Labute approximate surface area is 118 Å². The number of halogens is 1. The van der Waals surface area contributed by atoms with Gasteiger partial charge in [-0.3, -0.25) is 0 Å². The number of methoxy groups -OCH3 is 1. The van der Waals surface area contributed by atoms with Crippen LogP contribution in [0.4, 0.5) is 0 Å². The summed E-state index contributed by atoms with van der Waals surface area (Å²) >= 11 is 3.44. The second-order valence-corrected chi connectivity index (χ2v) is 5.31. The van der Waals surface area contributed by atoms with Crippen LogP contribution in [-0.4, -0.2) is 24.9 Å². The van der Waals surface area contributed by atoms with E-state index in [1.807, 2.05) is 12.1 Å². The van der Waals surface area contributed by atoms with Crippen molar-refractivity contribution in [3.05, 3.63) is 28.2 Å². The van der Waals surface area contributed by atoms with Crippen molar-refractivity contribution in [2.75, 3.05) is 13.7 Å². The number of aromatic hydroxyl groups is 1. The van der Waals surface area contributed by atoms with Crippen molar-refractivity contribution < 1.29 is 9.84 Å². The van der Waals surface area contributed by atoms with Gasteiger partial charge >= 0.3 is 0 Å². The molecule has 2 unspecified atom stereocenters. The SMILES string of the molecule is CCC(COC)NC(CC)c1cc(Br)ccc1O. The van der Waals surface area contributed by atoms with E-state index >= 15 is 0 Å². The van der Waals surface area contributed by atoms with Gasteiger partial charge in [0.2, 0.25) is 0 Å². The Bertz CT molecular complexity index is 371. The molecule has 0 saturated carbocycles. The Morgan fingerprint density at radius 3 is 2.61 bits per heavy atom. The first kappa shape index (κ1) is 15.5. The van der Waals surface area contributed by atoms with Gasteiger partial charge in [0.05, 0.1) is 6.61 Å². The summed E-state index contributed by atoms with van der Waals surface area (Å²) in [6.07, 6.45) is 1.92. The Morgan fingerprint density at radius 1 is 1.33 bits per heavy atom. The van der Waals surface area contributed by atoms with E-state index in [4.69, 9.17) is 4.74 Å². The van der Waals surface area contributed by atoms with E-state index in [1.54, 1.807) is 13.2 Å². The lowest BCUT2D eigenvalue weighted by atomic mass is 10.0. The molecule has 0 aliphatic heterocycles. The van der Waals surface area contributed by atoms with Gasteiger partial charge < -0.3 is 15.2 Å². The summed E-state index contributed by atoms with van der Waals surface area (Å²) in [6, 6.07) is 5.98. The zero-order valence-electron chi connectivity index (χ0n) is 11.2. The van der Waals surface area contributed by atoms with Crippen molar-refractivity contribution in [1.82, 2.24) is 5.32 Å². The summed E-state index contributed by atoms with van der Waals surface area (Å²) in [5.41, 5.74) is 0.932. The first-order chi connectivity index (χ1) is 8.62. The zero-order chi connectivity index (χ0) is 13.5. The molecule has 0 saturated heterocycles. The van der Waals surface area contributed by atoms with Crippen molar-refractivity contribution in [2.45, 2.75) is 38.8 Å². The summed E-state index contributed by atoms with van der Waals surface area (Å²) in [7, 11) is 1.71. The molecule has 102 valence electrons. The first-order valence-electron chi connectivity index (χ1n) is 6.35. The van der Waals surface area contributed by atoms with Gasteiger partial charge in [-0.2, -0.15) is 0 Å². The molecular weight excluding hydrogens is 294 g/mol. The minimum Gasteiger partial charge on any atom is -0.508 e. The molecule has 4 heteroatoms. The topological polar surface area (TPSA) is 41.5 Å². The summed E-state index contributed by atoms with van der Waals surface area (Å²) in [4.78, 5) is 0. The van der Waals surface area contributed by atoms with E-state index in [9.17, 15) is 5.11 Å². The third-order valence-corrected chi connectivity index (χ3v) is 3.56. The maximum absolute atomic E-state index is 9.96. The predicted molar refractivity (Wildman–Crippen MR) is 77.9 cm³/mol. The van der Waals surface area contributed by atoms with Gasteiger partial charge in [-0.05, 0) is 31.0 Å². The molecule has 1 aromatic rings. The molecule has 2 N–H and O–H groups in total. The van der Waals surface area contributed by atoms with Crippen LogP contribution in [-0.2, 0) is 4.74 Å². The highest BCUT2D eigenvalue weighted by atomic mass is 79.9. The molecule has 2 atom stereocenters. The highest BCUT2D eigenvalue weighted by Crippen LogP contribution is 2.29. The van der Waals surface area contributed by atoms with Crippen LogP contribution < -0.4 is 5.32 Å². The highest BCUT2D eigenvalue weighted by Gasteiger charge is 2.17. The summed E-state index contributed by atoms with van der Waals surface area (Å²) in [6.45, 7) is 4.92. The van der Waals surface area contributed by atoms with Gasteiger partial charge in [0.25, 0.3) is 0 Å². The Balaban J connectivity index is 2.84. The van der Waals surface area contributed by atoms with Gasteiger partial charge in [0, 0.05) is 29.2 Å². The quantitative estimate of drug-likeness (QED) is 0.807. The molecule has 0 fully saturated rings. The number of hydrogen-bond donors (Lipinski definition) is 2. The fourth-order valence-corrected chi connectivity index (χ4v) is 2.38. The molecule has 0 heterocycles. The number of rotatable bonds is 7. The second kappa shape index (κ2) is 7.77. The monoisotopic (exact) mass is 315 g/mol. The van der Waals surface area contributed by atoms with Crippen molar-refractivity contribution in [3.8, 4) is 5.75 Å². The molecule has 0 aromatic heterocycles. The molecule has 0 radical (unpaired) electrons. The maximum Gasteiger partial charge on any atom is 0.120 e. The standard InChI is InChI=1S/C14H22BrNO2/c1-4-11(9-18-3)16-13(5-2)12-8-10(15)6-7-14(12)17/h6-8,11,13,16-17H,4-5,9H2,1-3H3. The number of ether oxygens (including phenoxy) is 1. The maximum atomic E-state index is 9.96. The van der Waals surface area contributed by atoms with E-state index in [0.29, 0.717) is 18.4 Å². The summed E-state index contributed by atoms with van der Waals surface area (Å²) in [5, 5.41) is 13.5. The first-order valence-corrected chi connectivity index (χ1v) is 7.15. The third-order valence-electron chi connectivity index (χ3n) is 3.07. The summed E-state index contributed by atoms with van der Waals surface area (Å²) in [5.74, 6) is 0.338. The van der Waals surface area contributed by atoms with Crippen LogP contribution >= 0.6 is 15.9 Å². The van der Waals surface area contributed by atoms with E-state index in [2.05, 4.69) is 35.1 Å². The van der Waals surface area contributed by atoms with Crippen LogP contribution in [0.5, 0.6) is 5.75 Å². The fourth-order valence-electron chi connectivity index (χ4n) is 2.00. The smallest absolute Gasteiger partial charge is 0.120 e. The van der Waals surface area contributed by atoms with Crippen LogP contribution in [0, 0.1) is 0 Å². The minimum absolute atomic E-state index is 0.141. The van der Waals surface area contributed by atoms with Crippen molar-refractivity contribution in [3.63, 3.8) is 0 Å². The Hall–Kier alpha value is -0.580. The van der Waals surface area contributed by atoms with Crippen LogP contribution in [0.1, 0.15) is 38.3 Å². The minimum atomic E-state index is 0.141. The Morgan fingerprint density at radius 2 is 2.06 bits per heavy atom. The van der Waals surface area contributed by atoms with Crippen LogP contribution in [0.25, 0.3) is 0 Å².